The molecule has 0 saturated heterocycles. The fourth-order valence-electron chi connectivity index (χ4n) is 1.68. The Morgan fingerprint density at radius 2 is 2.42 bits per heavy atom. The Morgan fingerprint density at radius 1 is 1.67 bits per heavy atom. The first-order chi connectivity index (χ1) is 5.61. The molecule has 0 radical (unpaired) electrons. The number of nitrogens with two attached hydrogens (primary N) is 1. The number of aryl methyl sites for hydroxylation is 1. The van der Waals surface area contributed by atoms with Gasteiger partial charge in [0.2, 0.25) is 0 Å². The van der Waals surface area contributed by atoms with Crippen molar-refractivity contribution in [1.29, 1.82) is 0 Å². The molecule has 3 nitrogen and oxygen atoms in total. The third-order valence-electron chi connectivity index (χ3n) is 2.84. The van der Waals surface area contributed by atoms with E-state index in [-0.39, 0.29) is 11.5 Å². The van der Waals surface area contributed by atoms with Crippen LogP contribution in [0.3, 0.4) is 0 Å². The van der Waals surface area contributed by atoms with Gasteiger partial charge >= 0.3 is 0 Å². The van der Waals surface area contributed by atoms with Crippen LogP contribution in [0.1, 0.15) is 37.6 Å². The van der Waals surface area contributed by atoms with Crippen molar-refractivity contribution >= 4 is 0 Å². The maximum Gasteiger partial charge on any atom is 0.157 e. The lowest BCUT2D eigenvalue weighted by molar-refractivity contribution is 0.205. The average molecular weight is 166 g/mol. The number of nitrogens with zero attached hydrogens (tertiary/aromatic N) is 1. The second-order valence-electron chi connectivity index (χ2n) is 4.18. The van der Waals surface area contributed by atoms with E-state index in [1.807, 2.05) is 0 Å². The lowest BCUT2D eigenvalue weighted by Crippen LogP contribution is -2.33. The molecule has 2 N–H and O–H groups in total. The van der Waals surface area contributed by atoms with Gasteiger partial charge < -0.3 is 10.3 Å². The zero-order chi connectivity index (χ0) is 8.77. The highest BCUT2D eigenvalue weighted by Crippen LogP contribution is 2.41. The number of rotatable bonds is 0. The summed E-state index contributed by atoms with van der Waals surface area (Å²) in [5.41, 5.74) is 7.36. The molecule has 0 fully saturated rings. The lowest BCUT2D eigenvalue weighted by Gasteiger charge is -2.33. The van der Waals surface area contributed by atoms with E-state index in [9.17, 15) is 0 Å². The summed E-state index contributed by atoms with van der Waals surface area (Å²) < 4.78 is 5.13. The second kappa shape index (κ2) is 2.33. The topological polar surface area (TPSA) is 52.0 Å². The molecule has 0 aliphatic heterocycles. The number of hydrogen-bond donors (Lipinski definition) is 1. The molecule has 66 valence electrons. The predicted octanol–water partition coefficient (Wildman–Crippen LogP) is 1.65. The molecule has 0 amide bonds. The van der Waals surface area contributed by atoms with E-state index in [2.05, 4.69) is 19.0 Å². The SMILES string of the molecule is CC1(C)CCc2cnoc2C1N. The van der Waals surface area contributed by atoms with Crippen molar-refractivity contribution in [3.05, 3.63) is 17.5 Å². The standard InChI is InChI=1S/C9H14N2O/c1-9(2)4-3-6-5-11-12-7(6)8(9)10/h5,8H,3-4,10H2,1-2H3. The molecular weight excluding hydrogens is 152 g/mol. The zero-order valence-corrected chi connectivity index (χ0v) is 7.50. The van der Waals surface area contributed by atoms with E-state index < -0.39 is 0 Å². The quantitative estimate of drug-likeness (QED) is 0.637. The van der Waals surface area contributed by atoms with Crippen LogP contribution in [-0.4, -0.2) is 5.16 Å². The van der Waals surface area contributed by atoms with Crippen LogP contribution in [0.4, 0.5) is 0 Å². The van der Waals surface area contributed by atoms with Crippen molar-refractivity contribution < 1.29 is 4.52 Å². The first-order valence-electron chi connectivity index (χ1n) is 4.30. The Labute approximate surface area is 71.9 Å². The van der Waals surface area contributed by atoms with Crippen molar-refractivity contribution in [1.82, 2.24) is 5.16 Å². The van der Waals surface area contributed by atoms with Gasteiger partial charge in [-0.25, -0.2) is 0 Å². The van der Waals surface area contributed by atoms with Crippen molar-refractivity contribution in [3.63, 3.8) is 0 Å². The first-order valence-corrected chi connectivity index (χ1v) is 4.30. The molecule has 1 heterocycles. The van der Waals surface area contributed by atoms with Crippen molar-refractivity contribution in [3.8, 4) is 0 Å². The van der Waals surface area contributed by atoms with Gasteiger partial charge in [0.05, 0.1) is 12.2 Å². The second-order valence-corrected chi connectivity index (χ2v) is 4.18. The maximum atomic E-state index is 6.03. The highest BCUT2D eigenvalue weighted by Gasteiger charge is 2.36. The van der Waals surface area contributed by atoms with E-state index in [1.54, 1.807) is 6.20 Å². The minimum Gasteiger partial charge on any atom is -0.359 e. The minimum atomic E-state index is 0.00347. The molecule has 0 saturated carbocycles. The Bertz CT molecular complexity index is 290. The molecule has 1 atom stereocenters. The van der Waals surface area contributed by atoms with Crippen molar-refractivity contribution in [2.24, 2.45) is 11.1 Å². The molecule has 1 unspecified atom stereocenters. The van der Waals surface area contributed by atoms with Crippen LogP contribution in [-0.2, 0) is 6.42 Å². The lowest BCUT2D eigenvalue weighted by atomic mass is 9.74. The van der Waals surface area contributed by atoms with Gasteiger partial charge in [0.15, 0.2) is 5.76 Å². The number of aromatic nitrogens is 1. The summed E-state index contributed by atoms with van der Waals surface area (Å²) in [6.45, 7) is 4.34. The molecule has 12 heavy (non-hydrogen) atoms. The molecule has 0 spiro atoms. The summed E-state index contributed by atoms with van der Waals surface area (Å²) in [5, 5.41) is 3.76. The Balaban J connectivity index is 2.42. The molecule has 0 aromatic carbocycles. The Kier molecular flexibility index (Phi) is 1.51. The van der Waals surface area contributed by atoms with Gasteiger partial charge in [-0.1, -0.05) is 19.0 Å². The summed E-state index contributed by atoms with van der Waals surface area (Å²) in [4.78, 5) is 0. The molecule has 1 aromatic heterocycles. The molecule has 1 aliphatic carbocycles. The van der Waals surface area contributed by atoms with Crippen LogP contribution in [0.5, 0.6) is 0 Å². The van der Waals surface area contributed by atoms with Crippen LogP contribution in [0, 0.1) is 5.41 Å². The van der Waals surface area contributed by atoms with Gasteiger partial charge in [-0.3, -0.25) is 0 Å². The fourth-order valence-corrected chi connectivity index (χ4v) is 1.68. The molecule has 2 rings (SSSR count). The van der Waals surface area contributed by atoms with Crippen LogP contribution in [0.2, 0.25) is 0 Å². The largest absolute Gasteiger partial charge is 0.359 e. The third-order valence-corrected chi connectivity index (χ3v) is 2.84. The normalized spacial score (nSPS) is 26.8. The zero-order valence-electron chi connectivity index (χ0n) is 7.50. The van der Waals surface area contributed by atoms with Gasteiger partial charge in [0.25, 0.3) is 0 Å². The highest BCUT2D eigenvalue weighted by molar-refractivity contribution is 5.22. The first kappa shape index (κ1) is 7.80. The molecule has 3 heteroatoms. The van der Waals surface area contributed by atoms with Crippen molar-refractivity contribution in [2.45, 2.75) is 32.7 Å². The monoisotopic (exact) mass is 166 g/mol. The summed E-state index contributed by atoms with van der Waals surface area (Å²) in [6.07, 6.45) is 3.94. The van der Waals surface area contributed by atoms with Gasteiger partial charge in [0.1, 0.15) is 0 Å². The summed E-state index contributed by atoms with van der Waals surface area (Å²) in [5.74, 6) is 0.881. The van der Waals surface area contributed by atoms with Gasteiger partial charge in [-0.05, 0) is 18.3 Å². The third kappa shape index (κ3) is 0.966. The van der Waals surface area contributed by atoms with Crippen LogP contribution >= 0.6 is 0 Å². The smallest absolute Gasteiger partial charge is 0.157 e. The van der Waals surface area contributed by atoms with E-state index in [4.69, 9.17) is 10.3 Å². The van der Waals surface area contributed by atoms with Gasteiger partial charge in [-0.15, -0.1) is 0 Å². The van der Waals surface area contributed by atoms with Crippen LogP contribution < -0.4 is 5.73 Å². The van der Waals surface area contributed by atoms with E-state index in [1.165, 1.54) is 5.56 Å². The highest BCUT2D eigenvalue weighted by atomic mass is 16.5. The van der Waals surface area contributed by atoms with Crippen molar-refractivity contribution in [2.75, 3.05) is 0 Å². The predicted molar refractivity (Wildman–Crippen MR) is 45.5 cm³/mol. The van der Waals surface area contributed by atoms with E-state index >= 15 is 0 Å². The average Bonchev–Trinajstić information content (AvgIpc) is 2.45. The summed E-state index contributed by atoms with van der Waals surface area (Å²) in [6, 6.07) is 0.00347. The van der Waals surface area contributed by atoms with Crippen LogP contribution in [0.15, 0.2) is 10.7 Å². The number of fused-ring (bicyclic) bond motifs is 1. The molecule has 0 bridgehead atoms. The van der Waals surface area contributed by atoms with E-state index in [0.717, 1.165) is 18.6 Å². The number of hydrogen-bond acceptors (Lipinski definition) is 3. The van der Waals surface area contributed by atoms with Gasteiger partial charge in [0, 0.05) is 5.56 Å². The molecule has 1 aromatic rings. The van der Waals surface area contributed by atoms with E-state index in [0.29, 0.717) is 0 Å². The van der Waals surface area contributed by atoms with Crippen LogP contribution in [0.25, 0.3) is 0 Å². The Hall–Kier alpha value is -0.830. The Morgan fingerprint density at radius 3 is 3.17 bits per heavy atom. The maximum absolute atomic E-state index is 6.03. The minimum absolute atomic E-state index is 0.00347. The fraction of sp³-hybridized carbons (Fsp3) is 0.667. The van der Waals surface area contributed by atoms with Gasteiger partial charge in [-0.2, -0.15) is 0 Å². The summed E-state index contributed by atoms with van der Waals surface area (Å²) >= 11 is 0. The molecular formula is C9H14N2O. The summed E-state index contributed by atoms with van der Waals surface area (Å²) in [7, 11) is 0. The molecule has 1 aliphatic rings.